The third kappa shape index (κ3) is 5.58. The molecule has 1 saturated heterocycles. The van der Waals surface area contributed by atoms with E-state index in [2.05, 4.69) is 5.32 Å². The number of anilines is 2. The van der Waals surface area contributed by atoms with Crippen molar-refractivity contribution in [2.24, 2.45) is 0 Å². The second kappa shape index (κ2) is 11.0. The number of esters is 1. The lowest BCUT2D eigenvalue weighted by molar-refractivity contribution is -0.124. The first kappa shape index (κ1) is 24.2. The van der Waals surface area contributed by atoms with Gasteiger partial charge in [0.15, 0.2) is 0 Å². The van der Waals surface area contributed by atoms with E-state index >= 15 is 0 Å². The van der Waals surface area contributed by atoms with E-state index in [1.165, 1.54) is 4.90 Å². The number of nitrogens with one attached hydrogen (secondary N) is 1. The molecule has 35 heavy (non-hydrogen) atoms. The van der Waals surface area contributed by atoms with Gasteiger partial charge in [0.25, 0.3) is 5.91 Å². The van der Waals surface area contributed by atoms with Crippen molar-refractivity contribution in [1.29, 1.82) is 0 Å². The number of amides is 4. The van der Waals surface area contributed by atoms with Gasteiger partial charge in [-0.05, 0) is 61.2 Å². The van der Waals surface area contributed by atoms with Crippen LogP contribution in [0.2, 0.25) is 0 Å². The minimum absolute atomic E-state index is 0.183. The van der Waals surface area contributed by atoms with Crippen LogP contribution in [0.15, 0.2) is 72.1 Å². The first-order valence-electron chi connectivity index (χ1n) is 11.3. The minimum atomic E-state index is -0.915. The summed E-state index contributed by atoms with van der Waals surface area (Å²) in [4.78, 5) is 54.9. The molecule has 1 aliphatic rings. The molecule has 1 atom stereocenters. The van der Waals surface area contributed by atoms with Crippen molar-refractivity contribution in [2.75, 3.05) is 23.4 Å². The van der Waals surface area contributed by atoms with Crippen LogP contribution in [-0.2, 0) is 20.7 Å². The smallest absolute Gasteiger partial charge is 0.338 e. The fourth-order valence-corrected chi connectivity index (χ4v) is 4.58. The molecule has 0 spiro atoms. The van der Waals surface area contributed by atoms with Crippen LogP contribution in [0.25, 0.3) is 0 Å². The molecule has 4 rings (SSSR count). The van der Waals surface area contributed by atoms with Gasteiger partial charge in [-0.1, -0.05) is 24.3 Å². The number of urea groups is 1. The number of rotatable bonds is 9. The van der Waals surface area contributed by atoms with Gasteiger partial charge in [-0.3, -0.25) is 9.59 Å². The minimum Gasteiger partial charge on any atom is -0.462 e. The Morgan fingerprint density at radius 2 is 1.74 bits per heavy atom. The maximum atomic E-state index is 13.3. The number of benzene rings is 2. The van der Waals surface area contributed by atoms with Crippen molar-refractivity contribution >= 4 is 46.5 Å². The molecule has 0 radical (unpaired) electrons. The predicted molar refractivity (Wildman–Crippen MR) is 133 cm³/mol. The van der Waals surface area contributed by atoms with Gasteiger partial charge in [0.05, 0.1) is 24.3 Å². The zero-order valence-electron chi connectivity index (χ0n) is 19.2. The molecule has 0 bridgehead atoms. The number of para-hydroxylation sites is 1. The first-order chi connectivity index (χ1) is 17.0. The molecule has 0 saturated carbocycles. The number of thiophene rings is 1. The predicted octanol–water partition coefficient (Wildman–Crippen LogP) is 4.33. The molecule has 9 heteroatoms. The number of nitrogens with zero attached hydrogens (tertiary/aromatic N) is 2. The molecule has 1 aromatic heterocycles. The van der Waals surface area contributed by atoms with Gasteiger partial charge in [-0.2, -0.15) is 0 Å². The highest BCUT2D eigenvalue weighted by molar-refractivity contribution is 7.09. The summed E-state index contributed by atoms with van der Waals surface area (Å²) < 4.78 is 4.96. The Labute approximate surface area is 207 Å². The van der Waals surface area contributed by atoms with Gasteiger partial charge >= 0.3 is 12.0 Å². The van der Waals surface area contributed by atoms with Gasteiger partial charge in [-0.25, -0.2) is 14.5 Å². The van der Waals surface area contributed by atoms with Crippen LogP contribution in [-0.4, -0.2) is 47.9 Å². The summed E-state index contributed by atoms with van der Waals surface area (Å²) in [6, 6.07) is 17.6. The SMILES string of the molecule is CCOC(=O)c1ccc(NC(=O)CC2C(=O)N(c3ccccc3)C(=O)N2CCc2cccs2)cc1. The Morgan fingerprint density at radius 1 is 1.00 bits per heavy atom. The molecular formula is C26H25N3O5S. The van der Waals surface area contributed by atoms with Crippen molar-refractivity contribution in [3.05, 3.63) is 82.6 Å². The summed E-state index contributed by atoms with van der Waals surface area (Å²) in [6.45, 7) is 2.32. The van der Waals surface area contributed by atoms with Crippen molar-refractivity contribution in [2.45, 2.75) is 25.8 Å². The molecule has 1 aliphatic heterocycles. The monoisotopic (exact) mass is 491 g/mol. The number of hydrogen-bond donors (Lipinski definition) is 1. The lowest BCUT2D eigenvalue weighted by atomic mass is 10.1. The Kier molecular flexibility index (Phi) is 7.57. The quantitative estimate of drug-likeness (QED) is 0.355. The molecular weight excluding hydrogens is 466 g/mol. The Morgan fingerprint density at radius 3 is 2.40 bits per heavy atom. The van der Waals surface area contributed by atoms with Crippen molar-refractivity contribution < 1.29 is 23.9 Å². The molecule has 2 heterocycles. The summed E-state index contributed by atoms with van der Waals surface area (Å²) in [6.07, 6.45) is 0.407. The van der Waals surface area contributed by atoms with Crippen LogP contribution < -0.4 is 10.2 Å². The van der Waals surface area contributed by atoms with E-state index in [1.807, 2.05) is 17.5 Å². The van der Waals surface area contributed by atoms with Gasteiger partial charge in [0.2, 0.25) is 5.91 Å². The highest BCUT2D eigenvalue weighted by Gasteiger charge is 2.46. The van der Waals surface area contributed by atoms with Crippen LogP contribution >= 0.6 is 11.3 Å². The summed E-state index contributed by atoms with van der Waals surface area (Å²) in [5.41, 5.74) is 1.32. The van der Waals surface area contributed by atoms with Gasteiger partial charge in [0.1, 0.15) is 6.04 Å². The van der Waals surface area contributed by atoms with Gasteiger partial charge in [0, 0.05) is 17.1 Å². The molecule has 1 fully saturated rings. The largest absolute Gasteiger partial charge is 0.462 e. The molecule has 1 N–H and O–H groups in total. The Balaban J connectivity index is 1.48. The first-order valence-corrected chi connectivity index (χ1v) is 12.1. The molecule has 180 valence electrons. The second-order valence-electron chi connectivity index (χ2n) is 7.88. The Bertz CT molecular complexity index is 1200. The van der Waals surface area contributed by atoms with E-state index in [1.54, 1.807) is 72.9 Å². The maximum Gasteiger partial charge on any atom is 0.338 e. The van der Waals surface area contributed by atoms with Crippen molar-refractivity contribution in [1.82, 2.24) is 4.90 Å². The van der Waals surface area contributed by atoms with Crippen molar-refractivity contribution in [3.63, 3.8) is 0 Å². The normalized spacial score (nSPS) is 15.4. The van der Waals surface area contributed by atoms with Gasteiger partial charge in [-0.15, -0.1) is 11.3 Å². The average molecular weight is 492 g/mol. The third-order valence-corrected chi connectivity index (χ3v) is 6.51. The summed E-state index contributed by atoms with van der Waals surface area (Å²) in [5, 5.41) is 4.71. The number of hydrogen-bond acceptors (Lipinski definition) is 6. The van der Waals surface area contributed by atoms with Crippen LogP contribution in [0, 0.1) is 0 Å². The van der Waals surface area contributed by atoms with E-state index in [0.717, 1.165) is 9.78 Å². The topological polar surface area (TPSA) is 96.0 Å². The van der Waals surface area contributed by atoms with Gasteiger partial charge < -0.3 is 15.0 Å². The van der Waals surface area contributed by atoms with Crippen molar-refractivity contribution in [3.8, 4) is 0 Å². The lowest BCUT2D eigenvalue weighted by Gasteiger charge is -2.21. The summed E-state index contributed by atoms with van der Waals surface area (Å²) in [7, 11) is 0. The van der Waals surface area contributed by atoms with Crippen LogP contribution in [0.4, 0.5) is 16.2 Å². The maximum absolute atomic E-state index is 13.3. The second-order valence-corrected chi connectivity index (χ2v) is 8.91. The van der Waals surface area contributed by atoms with E-state index in [0.29, 0.717) is 29.9 Å². The zero-order chi connectivity index (χ0) is 24.8. The molecule has 4 amide bonds. The molecule has 0 aliphatic carbocycles. The fourth-order valence-electron chi connectivity index (χ4n) is 3.88. The molecule has 3 aromatic rings. The number of carbonyl (C=O) groups excluding carboxylic acids is 4. The lowest BCUT2D eigenvalue weighted by Crippen LogP contribution is -2.39. The van der Waals surface area contributed by atoms with E-state index < -0.39 is 29.9 Å². The number of imide groups is 1. The fraction of sp³-hybridized carbons (Fsp3) is 0.231. The average Bonchev–Trinajstić information content (AvgIpc) is 3.45. The highest BCUT2D eigenvalue weighted by Crippen LogP contribution is 2.27. The highest BCUT2D eigenvalue weighted by atomic mass is 32.1. The van der Waals surface area contributed by atoms with E-state index in [4.69, 9.17) is 4.74 Å². The molecule has 1 unspecified atom stereocenters. The number of carbonyl (C=O) groups is 4. The number of ether oxygens (including phenoxy) is 1. The summed E-state index contributed by atoms with van der Waals surface area (Å²) in [5.74, 6) is -1.28. The summed E-state index contributed by atoms with van der Waals surface area (Å²) >= 11 is 1.58. The van der Waals surface area contributed by atoms with E-state index in [9.17, 15) is 19.2 Å². The van der Waals surface area contributed by atoms with E-state index in [-0.39, 0.29) is 13.0 Å². The van der Waals surface area contributed by atoms with Crippen LogP contribution in [0.1, 0.15) is 28.6 Å². The molecule has 2 aromatic carbocycles. The standard InChI is InChI=1S/C26H25N3O5S/c1-2-34-25(32)18-10-12-19(13-11-18)27-23(30)17-22-24(31)29(20-7-4-3-5-8-20)26(33)28(22)15-14-21-9-6-16-35-21/h3-13,16,22H,2,14-15,17H2,1H3,(H,27,30). The van der Waals surface area contributed by atoms with Crippen LogP contribution in [0.3, 0.4) is 0 Å². The third-order valence-electron chi connectivity index (χ3n) is 5.57. The molecule has 8 nitrogen and oxygen atoms in total. The zero-order valence-corrected chi connectivity index (χ0v) is 20.0. The Hall–Kier alpha value is -3.98. The van der Waals surface area contributed by atoms with Crippen LogP contribution in [0.5, 0.6) is 0 Å².